The van der Waals surface area contributed by atoms with Crippen LogP contribution in [0.25, 0.3) is 0 Å². The van der Waals surface area contributed by atoms with Crippen LogP contribution in [-0.2, 0) is 11.3 Å². The van der Waals surface area contributed by atoms with Crippen molar-refractivity contribution in [3.05, 3.63) is 64.7 Å². The van der Waals surface area contributed by atoms with Crippen molar-refractivity contribution in [2.45, 2.75) is 32.9 Å². The van der Waals surface area contributed by atoms with Crippen molar-refractivity contribution in [2.24, 2.45) is 5.73 Å². The molecular weight excluding hydrogens is 396 g/mol. The summed E-state index contributed by atoms with van der Waals surface area (Å²) in [6.45, 7) is 7.14. The maximum atomic E-state index is 12.7. The van der Waals surface area contributed by atoms with E-state index in [1.165, 1.54) is 17.1 Å². The fourth-order valence-corrected chi connectivity index (χ4v) is 4.74. The lowest BCUT2D eigenvalue weighted by molar-refractivity contribution is -0.116. The van der Waals surface area contributed by atoms with Crippen LogP contribution >= 0.6 is 11.8 Å². The van der Waals surface area contributed by atoms with Gasteiger partial charge < -0.3 is 16.4 Å². The molecule has 1 heterocycles. The molecule has 30 heavy (non-hydrogen) atoms. The summed E-state index contributed by atoms with van der Waals surface area (Å²) in [4.78, 5) is 26.7. The molecular formula is C23H30N4O2S. The van der Waals surface area contributed by atoms with Gasteiger partial charge in [-0.1, -0.05) is 36.4 Å². The average molecular weight is 427 g/mol. The van der Waals surface area contributed by atoms with Crippen LogP contribution in [0, 0.1) is 13.8 Å². The first kappa shape index (κ1) is 22.2. The Balaban J connectivity index is 1.65. The Labute approximate surface area is 182 Å². The number of rotatable bonds is 7. The minimum atomic E-state index is -0.646. The summed E-state index contributed by atoms with van der Waals surface area (Å²) in [6, 6.07) is 12.7. The Morgan fingerprint density at radius 2 is 1.83 bits per heavy atom. The molecule has 0 radical (unpaired) electrons. The molecule has 1 fully saturated rings. The molecule has 0 aliphatic carbocycles. The third-order valence-corrected chi connectivity index (χ3v) is 6.29. The second-order valence-corrected chi connectivity index (χ2v) is 8.93. The minimum absolute atomic E-state index is 0.112. The van der Waals surface area contributed by atoms with E-state index in [0.717, 1.165) is 42.0 Å². The van der Waals surface area contributed by atoms with E-state index in [1.54, 1.807) is 0 Å². The quantitative estimate of drug-likeness (QED) is 0.631. The van der Waals surface area contributed by atoms with Crippen LogP contribution in [0.2, 0.25) is 0 Å². The third kappa shape index (κ3) is 6.24. The van der Waals surface area contributed by atoms with Gasteiger partial charge in [0.05, 0.1) is 12.5 Å². The standard InChI is InChI=1S/C23H30N4O2S/c1-16-5-3-4-6-19(16)21(26-23(24)29)14-22(28)25-20-8-7-18(13-17(20)2)15-27-9-11-30-12-10-27/h3-8,13,21H,9-12,14-15H2,1-2H3,(H,25,28)(H3,24,26,29). The van der Waals surface area contributed by atoms with Crippen LogP contribution in [0.5, 0.6) is 0 Å². The zero-order chi connectivity index (χ0) is 21.5. The summed E-state index contributed by atoms with van der Waals surface area (Å²) in [7, 11) is 0. The maximum absolute atomic E-state index is 12.7. The van der Waals surface area contributed by atoms with Gasteiger partial charge in [0.1, 0.15) is 0 Å². The zero-order valence-corrected chi connectivity index (χ0v) is 18.4. The highest BCUT2D eigenvalue weighted by molar-refractivity contribution is 7.99. The molecule has 1 aliphatic heterocycles. The number of hydrogen-bond acceptors (Lipinski definition) is 4. The summed E-state index contributed by atoms with van der Waals surface area (Å²) >= 11 is 2.01. The van der Waals surface area contributed by atoms with E-state index in [2.05, 4.69) is 27.7 Å². The lowest BCUT2D eigenvalue weighted by Crippen LogP contribution is -2.35. The minimum Gasteiger partial charge on any atom is -0.352 e. The summed E-state index contributed by atoms with van der Waals surface area (Å²) in [5.74, 6) is 2.21. The molecule has 3 amide bonds. The number of anilines is 1. The molecule has 0 saturated carbocycles. The molecule has 1 aliphatic rings. The van der Waals surface area contributed by atoms with E-state index in [9.17, 15) is 9.59 Å². The first-order valence-corrected chi connectivity index (χ1v) is 11.4. The van der Waals surface area contributed by atoms with E-state index in [-0.39, 0.29) is 12.3 Å². The van der Waals surface area contributed by atoms with E-state index in [0.29, 0.717) is 0 Å². The second-order valence-electron chi connectivity index (χ2n) is 7.71. The molecule has 1 unspecified atom stereocenters. The van der Waals surface area contributed by atoms with Gasteiger partial charge in [0.15, 0.2) is 0 Å². The van der Waals surface area contributed by atoms with Crippen molar-refractivity contribution in [1.29, 1.82) is 0 Å². The molecule has 0 bridgehead atoms. The molecule has 3 rings (SSSR count). The van der Waals surface area contributed by atoms with E-state index in [1.807, 2.05) is 55.9 Å². The lowest BCUT2D eigenvalue weighted by atomic mass is 9.98. The lowest BCUT2D eigenvalue weighted by Gasteiger charge is -2.26. The van der Waals surface area contributed by atoms with Crippen molar-refractivity contribution < 1.29 is 9.59 Å². The molecule has 6 nitrogen and oxygen atoms in total. The largest absolute Gasteiger partial charge is 0.352 e. The zero-order valence-electron chi connectivity index (χ0n) is 17.6. The number of thioether (sulfide) groups is 1. The fraction of sp³-hybridized carbons (Fsp3) is 0.391. The van der Waals surface area contributed by atoms with Gasteiger partial charge in [-0.05, 0) is 42.2 Å². The fourth-order valence-electron chi connectivity index (χ4n) is 3.76. The summed E-state index contributed by atoms with van der Waals surface area (Å²) in [5.41, 5.74) is 10.3. The van der Waals surface area contributed by atoms with Crippen LogP contribution in [-0.4, -0.2) is 41.4 Å². The first-order valence-electron chi connectivity index (χ1n) is 10.2. The summed E-state index contributed by atoms with van der Waals surface area (Å²) < 4.78 is 0. The second kappa shape index (κ2) is 10.5. The molecule has 160 valence electrons. The molecule has 4 N–H and O–H groups in total. The van der Waals surface area contributed by atoms with Crippen molar-refractivity contribution in [3.8, 4) is 0 Å². The number of nitrogens with two attached hydrogens (primary N) is 1. The van der Waals surface area contributed by atoms with Gasteiger partial charge in [-0.3, -0.25) is 9.69 Å². The Morgan fingerprint density at radius 1 is 1.10 bits per heavy atom. The van der Waals surface area contributed by atoms with E-state index >= 15 is 0 Å². The Morgan fingerprint density at radius 3 is 2.50 bits per heavy atom. The summed E-state index contributed by atoms with van der Waals surface area (Å²) in [6.07, 6.45) is 0.112. The van der Waals surface area contributed by atoms with Crippen molar-refractivity contribution in [3.63, 3.8) is 0 Å². The molecule has 0 aromatic heterocycles. The number of nitrogens with one attached hydrogen (secondary N) is 2. The Hall–Kier alpha value is -2.51. The first-order chi connectivity index (χ1) is 14.4. The maximum Gasteiger partial charge on any atom is 0.312 e. The van der Waals surface area contributed by atoms with Crippen molar-refractivity contribution >= 4 is 29.4 Å². The number of aryl methyl sites for hydroxylation is 2. The Kier molecular flexibility index (Phi) is 7.76. The van der Waals surface area contributed by atoms with Crippen molar-refractivity contribution in [2.75, 3.05) is 29.9 Å². The van der Waals surface area contributed by atoms with E-state index < -0.39 is 12.1 Å². The number of urea groups is 1. The molecule has 1 saturated heterocycles. The normalized spacial score (nSPS) is 15.4. The number of primary amides is 1. The molecule has 7 heteroatoms. The topological polar surface area (TPSA) is 87.5 Å². The average Bonchev–Trinajstić information content (AvgIpc) is 2.70. The number of benzene rings is 2. The van der Waals surface area contributed by atoms with Gasteiger partial charge in [-0.2, -0.15) is 11.8 Å². The number of nitrogens with zero attached hydrogens (tertiary/aromatic N) is 1. The number of amides is 3. The van der Waals surface area contributed by atoms with Crippen LogP contribution in [0.15, 0.2) is 42.5 Å². The SMILES string of the molecule is Cc1cc(CN2CCSCC2)ccc1NC(=O)CC(NC(N)=O)c1ccccc1C. The predicted octanol–water partition coefficient (Wildman–Crippen LogP) is 3.59. The molecule has 1 atom stereocenters. The highest BCUT2D eigenvalue weighted by Crippen LogP contribution is 2.23. The number of hydrogen-bond donors (Lipinski definition) is 3. The smallest absolute Gasteiger partial charge is 0.312 e. The van der Waals surface area contributed by atoms with Crippen LogP contribution in [0.1, 0.15) is 34.7 Å². The van der Waals surface area contributed by atoms with Gasteiger partial charge in [-0.25, -0.2) is 4.79 Å². The van der Waals surface area contributed by atoms with Gasteiger partial charge in [0.2, 0.25) is 5.91 Å². The van der Waals surface area contributed by atoms with Crippen LogP contribution < -0.4 is 16.4 Å². The number of carbonyl (C=O) groups is 2. The highest BCUT2D eigenvalue weighted by Gasteiger charge is 2.19. The monoisotopic (exact) mass is 426 g/mol. The molecule has 2 aromatic rings. The molecule has 2 aromatic carbocycles. The van der Waals surface area contributed by atoms with Crippen LogP contribution in [0.4, 0.5) is 10.5 Å². The summed E-state index contributed by atoms with van der Waals surface area (Å²) in [5, 5.41) is 5.68. The number of carbonyl (C=O) groups excluding carboxylic acids is 2. The van der Waals surface area contributed by atoms with Gasteiger partial charge in [-0.15, -0.1) is 0 Å². The van der Waals surface area contributed by atoms with Crippen molar-refractivity contribution in [1.82, 2.24) is 10.2 Å². The van der Waals surface area contributed by atoms with Gasteiger partial charge >= 0.3 is 6.03 Å². The van der Waals surface area contributed by atoms with Gasteiger partial charge in [0, 0.05) is 36.8 Å². The van der Waals surface area contributed by atoms with E-state index in [4.69, 9.17) is 5.73 Å². The van der Waals surface area contributed by atoms with Gasteiger partial charge in [0.25, 0.3) is 0 Å². The molecule has 0 spiro atoms. The van der Waals surface area contributed by atoms with Crippen LogP contribution in [0.3, 0.4) is 0 Å². The highest BCUT2D eigenvalue weighted by atomic mass is 32.2. The predicted molar refractivity (Wildman–Crippen MR) is 124 cm³/mol. The Bertz CT molecular complexity index is 897. The third-order valence-electron chi connectivity index (χ3n) is 5.34.